The fourth-order valence-electron chi connectivity index (χ4n) is 4.28. The number of nitrogens with zero attached hydrogens (tertiary/aromatic N) is 2. The molecule has 0 aromatic rings. The van der Waals surface area contributed by atoms with Gasteiger partial charge in [0, 0.05) is 30.0 Å². The molecule has 2 saturated heterocycles. The number of carbonyl (C=O) groups excluding carboxylic acids is 2. The van der Waals surface area contributed by atoms with Crippen LogP contribution in [0.4, 0.5) is 0 Å². The standard InChI is InChI=1S/C18H25N3O6S/c1-8(22)15-13-5-14(16(18(25)26)21(13)17(15)24)28-12-4-11(7-27-10(3)23)20(6-12)9(2)19/h8,11-13,15,19,22H,4-7H2,1-3H3,(H,25,26)/t8?,11?,12-,13+,15+/m0/s1. The fourth-order valence-corrected chi connectivity index (χ4v) is 5.80. The first-order chi connectivity index (χ1) is 13.1. The van der Waals surface area contributed by atoms with E-state index in [1.165, 1.54) is 23.6 Å². The number of fused-ring (bicyclic) bond motifs is 1. The number of carbonyl (C=O) groups is 3. The second kappa shape index (κ2) is 7.75. The largest absolute Gasteiger partial charge is 0.477 e. The van der Waals surface area contributed by atoms with Gasteiger partial charge in [-0.25, -0.2) is 4.79 Å². The fraction of sp³-hybridized carbons (Fsp3) is 0.667. The van der Waals surface area contributed by atoms with Gasteiger partial charge in [0.15, 0.2) is 0 Å². The van der Waals surface area contributed by atoms with Crippen LogP contribution in [0.2, 0.25) is 0 Å². The van der Waals surface area contributed by atoms with E-state index in [0.29, 0.717) is 30.1 Å². The molecule has 10 heteroatoms. The van der Waals surface area contributed by atoms with E-state index >= 15 is 0 Å². The number of hydrogen-bond acceptors (Lipinski definition) is 7. The molecule has 1 amide bonds. The van der Waals surface area contributed by atoms with E-state index in [0.717, 1.165) is 0 Å². The minimum atomic E-state index is -1.14. The van der Waals surface area contributed by atoms with Crippen LogP contribution in [0.1, 0.15) is 33.6 Å². The van der Waals surface area contributed by atoms with Crippen molar-refractivity contribution in [2.45, 2.75) is 57.1 Å². The SMILES string of the molecule is CC(=N)N1C[C@@H](SC2=C(C(=O)O)N3C(=O)[C@H](C(C)O)[C@H]3C2)CC1COC(C)=O. The predicted molar refractivity (Wildman–Crippen MR) is 102 cm³/mol. The first kappa shape index (κ1) is 20.7. The molecule has 0 radical (unpaired) electrons. The van der Waals surface area contributed by atoms with E-state index in [9.17, 15) is 24.6 Å². The van der Waals surface area contributed by atoms with Crippen molar-refractivity contribution >= 4 is 35.4 Å². The molecule has 0 aromatic carbocycles. The number of aliphatic carboxylic acids is 1. The van der Waals surface area contributed by atoms with Gasteiger partial charge in [0.2, 0.25) is 5.91 Å². The second-order valence-corrected chi connectivity index (χ2v) is 8.89. The molecule has 0 spiro atoms. The molecule has 0 bridgehead atoms. The number of thioether (sulfide) groups is 1. The van der Waals surface area contributed by atoms with Crippen LogP contribution in [-0.2, 0) is 19.1 Å². The van der Waals surface area contributed by atoms with Gasteiger partial charge in [0.1, 0.15) is 12.3 Å². The maximum Gasteiger partial charge on any atom is 0.353 e. The average molecular weight is 411 g/mol. The zero-order chi connectivity index (χ0) is 20.7. The molecule has 3 heterocycles. The molecular formula is C18H25N3O6S. The van der Waals surface area contributed by atoms with Crippen LogP contribution >= 0.6 is 11.8 Å². The molecule has 3 aliphatic rings. The zero-order valence-corrected chi connectivity index (χ0v) is 16.9. The Kier molecular flexibility index (Phi) is 5.72. The van der Waals surface area contributed by atoms with Gasteiger partial charge in [0.05, 0.1) is 29.9 Å². The summed E-state index contributed by atoms with van der Waals surface area (Å²) in [5.41, 5.74) is 0.0125. The van der Waals surface area contributed by atoms with Crippen molar-refractivity contribution in [3.63, 3.8) is 0 Å². The van der Waals surface area contributed by atoms with Crippen LogP contribution in [0, 0.1) is 11.3 Å². The molecular weight excluding hydrogens is 386 g/mol. The van der Waals surface area contributed by atoms with Crippen molar-refractivity contribution in [3.05, 3.63) is 10.6 Å². The molecule has 3 N–H and O–H groups in total. The number of nitrogens with one attached hydrogen (secondary N) is 1. The quantitative estimate of drug-likeness (QED) is 0.251. The number of amidine groups is 1. The van der Waals surface area contributed by atoms with E-state index in [4.69, 9.17) is 10.1 Å². The third-order valence-electron chi connectivity index (χ3n) is 5.49. The maximum absolute atomic E-state index is 12.3. The molecule has 28 heavy (non-hydrogen) atoms. The molecule has 0 saturated carbocycles. The summed E-state index contributed by atoms with van der Waals surface area (Å²) in [4.78, 5) is 39.0. The molecule has 0 aromatic heterocycles. The van der Waals surface area contributed by atoms with Crippen LogP contribution in [0.5, 0.6) is 0 Å². The number of aliphatic hydroxyl groups excluding tert-OH is 1. The normalized spacial score (nSPS) is 30.2. The first-order valence-electron chi connectivity index (χ1n) is 9.21. The summed E-state index contributed by atoms with van der Waals surface area (Å²) in [6.07, 6.45) is 0.245. The summed E-state index contributed by atoms with van der Waals surface area (Å²) in [5, 5.41) is 27.4. The van der Waals surface area contributed by atoms with Crippen LogP contribution in [0.25, 0.3) is 0 Å². The van der Waals surface area contributed by atoms with Crippen molar-refractivity contribution in [2.75, 3.05) is 13.2 Å². The monoisotopic (exact) mass is 411 g/mol. The second-order valence-electron chi connectivity index (χ2n) is 7.49. The van der Waals surface area contributed by atoms with Crippen molar-refractivity contribution in [2.24, 2.45) is 5.92 Å². The molecule has 2 unspecified atom stereocenters. The number of β-lactam (4-membered cyclic amide) rings is 1. The van der Waals surface area contributed by atoms with Crippen molar-refractivity contribution < 1.29 is 29.3 Å². The minimum absolute atomic E-state index is 0.0125. The van der Waals surface area contributed by atoms with Crippen LogP contribution in [0.15, 0.2) is 10.6 Å². The summed E-state index contributed by atoms with van der Waals surface area (Å²) in [6, 6.07) is -0.432. The summed E-state index contributed by atoms with van der Waals surface area (Å²) < 4.78 is 5.11. The number of likely N-dealkylation sites (tertiary alicyclic amines) is 1. The highest BCUT2D eigenvalue weighted by atomic mass is 32.2. The van der Waals surface area contributed by atoms with Crippen molar-refractivity contribution in [1.29, 1.82) is 5.41 Å². The van der Waals surface area contributed by atoms with Gasteiger partial charge in [0.25, 0.3) is 0 Å². The average Bonchev–Trinajstić information content (AvgIpc) is 3.12. The third-order valence-corrected chi connectivity index (χ3v) is 6.80. The van der Waals surface area contributed by atoms with Crippen LogP contribution in [0.3, 0.4) is 0 Å². The van der Waals surface area contributed by atoms with Crippen LogP contribution in [-0.4, -0.2) is 80.3 Å². The lowest BCUT2D eigenvalue weighted by Crippen LogP contribution is -2.61. The summed E-state index contributed by atoms with van der Waals surface area (Å²) in [6.45, 7) is 5.28. The number of aliphatic hydroxyl groups is 1. The van der Waals surface area contributed by atoms with Gasteiger partial charge in [-0.3, -0.25) is 15.0 Å². The lowest BCUT2D eigenvalue weighted by Gasteiger charge is -2.44. The van der Waals surface area contributed by atoms with E-state index < -0.39 is 18.0 Å². The smallest absolute Gasteiger partial charge is 0.353 e. The molecule has 2 fully saturated rings. The number of carboxylic acids is 1. The Morgan fingerprint density at radius 1 is 1.39 bits per heavy atom. The molecule has 3 rings (SSSR count). The van der Waals surface area contributed by atoms with E-state index in [1.807, 2.05) is 4.90 Å². The number of amides is 1. The first-order valence-corrected chi connectivity index (χ1v) is 10.1. The molecule has 9 nitrogen and oxygen atoms in total. The Morgan fingerprint density at radius 2 is 2.07 bits per heavy atom. The van der Waals surface area contributed by atoms with E-state index in [2.05, 4.69) is 0 Å². The zero-order valence-electron chi connectivity index (χ0n) is 16.0. The Bertz CT molecular complexity index is 752. The van der Waals surface area contributed by atoms with Gasteiger partial charge in [-0.05, 0) is 20.3 Å². The number of ether oxygens (including phenoxy) is 1. The third kappa shape index (κ3) is 3.62. The van der Waals surface area contributed by atoms with Gasteiger partial charge in [-0.2, -0.15) is 0 Å². The molecule has 0 aliphatic carbocycles. The molecule has 154 valence electrons. The van der Waals surface area contributed by atoms with Gasteiger partial charge in [-0.15, -0.1) is 11.8 Å². The van der Waals surface area contributed by atoms with E-state index in [-0.39, 0.29) is 41.5 Å². The summed E-state index contributed by atoms with van der Waals surface area (Å²) in [7, 11) is 0. The Hall–Kier alpha value is -2.07. The molecule has 3 aliphatic heterocycles. The number of rotatable bonds is 6. The summed E-state index contributed by atoms with van der Waals surface area (Å²) >= 11 is 1.42. The highest BCUT2D eigenvalue weighted by Crippen LogP contribution is 2.49. The minimum Gasteiger partial charge on any atom is -0.477 e. The van der Waals surface area contributed by atoms with Crippen molar-refractivity contribution in [1.82, 2.24) is 9.80 Å². The van der Waals surface area contributed by atoms with Gasteiger partial charge < -0.3 is 24.7 Å². The predicted octanol–water partition coefficient (Wildman–Crippen LogP) is 0.630. The summed E-state index contributed by atoms with van der Waals surface area (Å²) in [5.74, 6) is -2.06. The lowest BCUT2D eigenvalue weighted by atomic mass is 9.83. The Labute approximate surface area is 167 Å². The molecule has 5 atom stereocenters. The Morgan fingerprint density at radius 3 is 2.61 bits per heavy atom. The van der Waals surface area contributed by atoms with Crippen LogP contribution < -0.4 is 0 Å². The van der Waals surface area contributed by atoms with E-state index in [1.54, 1.807) is 13.8 Å². The topological polar surface area (TPSA) is 131 Å². The van der Waals surface area contributed by atoms with Gasteiger partial charge >= 0.3 is 11.9 Å². The van der Waals surface area contributed by atoms with Gasteiger partial charge in [-0.1, -0.05) is 0 Å². The number of carboxylic acid groups (broad SMARTS) is 1. The van der Waals surface area contributed by atoms with Crippen molar-refractivity contribution in [3.8, 4) is 0 Å². The number of hydrogen-bond donors (Lipinski definition) is 3. The number of esters is 1. The maximum atomic E-state index is 12.3. The highest BCUT2D eigenvalue weighted by molar-refractivity contribution is 8.03. The highest BCUT2D eigenvalue weighted by Gasteiger charge is 2.57. The Balaban J connectivity index is 1.74. The lowest BCUT2D eigenvalue weighted by molar-refractivity contribution is -0.161.